The van der Waals surface area contributed by atoms with E-state index in [1.165, 1.54) is 0 Å². The van der Waals surface area contributed by atoms with E-state index in [4.69, 9.17) is 0 Å². The maximum Gasteiger partial charge on any atom is 0.291 e. The van der Waals surface area contributed by atoms with Crippen molar-refractivity contribution in [1.29, 1.82) is 0 Å². The molecule has 18 heavy (non-hydrogen) atoms. The van der Waals surface area contributed by atoms with Crippen molar-refractivity contribution in [2.45, 2.75) is 26.8 Å². The molecule has 2 rings (SSSR count). The van der Waals surface area contributed by atoms with Crippen LogP contribution >= 0.6 is 11.3 Å². The maximum absolute atomic E-state index is 12.0. The lowest BCUT2D eigenvalue weighted by Gasteiger charge is -2.20. The molecule has 0 aromatic carbocycles. The second-order valence-corrected chi connectivity index (χ2v) is 5.43. The Bertz CT molecular complexity index is 518. The molecular formula is C12H16N4OS. The molecule has 0 bridgehead atoms. The number of carbonyl (C=O) groups is 1. The summed E-state index contributed by atoms with van der Waals surface area (Å²) >= 11 is 1.64. The third-order valence-corrected chi connectivity index (χ3v) is 3.56. The molecule has 0 saturated heterocycles. The van der Waals surface area contributed by atoms with Crippen LogP contribution in [-0.2, 0) is 0 Å². The normalized spacial score (nSPS) is 12.7. The molecule has 0 aliphatic rings. The highest BCUT2D eigenvalue weighted by molar-refractivity contribution is 7.10. The number of carbonyl (C=O) groups excluding carboxylic acids is 1. The van der Waals surface area contributed by atoms with Crippen LogP contribution in [0.1, 0.15) is 41.2 Å². The minimum Gasteiger partial charge on any atom is -0.341 e. The number of aryl methyl sites for hydroxylation is 1. The topological polar surface area (TPSA) is 70.7 Å². The zero-order chi connectivity index (χ0) is 13.1. The molecule has 2 aromatic rings. The van der Waals surface area contributed by atoms with E-state index in [0.717, 1.165) is 4.88 Å². The van der Waals surface area contributed by atoms with Crippen molar-refractivity contribution >= 4 is 17.2 Å². The van der Waals surface area contributed by atoms with Crippen LogP contribution in [0.5, 0.6) is 0 Å². The van der Waals surface area contributed by atoms with E-state index in [1.807, 2.05) is 17.5 Å². The Hall–Kier alpha value is -1.69. The molecule has 6 heteroatoms. The van der Waals surface area contributed by atoms with Gasteiger partial charge in [0.1, 0.15) is 5.82 Å². The number of aromatic amines is 1. The largest absolute Gasteiger partial charge is 0.341 e. The first-order chi connectivity index (χ1) is 8.58. The molecular weight excluding hydrogens is 248 g/mol. The van der Waals surface area contributed by atoms with Gasteiger partial charge in [-0.05, 0) is 24.3 Å². The van der Waals surface area contributed by atoms with Gasteiger partial charge in [0.15, 0.2) is 0 Å². The van der Waals surface area contributed by atoms with Crippen LogP contribution < -0.4 is 5.32 Å². The lowest BCUT2D eigenvalue weighted by molar-refractivity contribution is 0.0916. The number of nitrogens with zero attached hydrogens (tertiary/aromatic N) is 2. The molecule has 1 unspecified atom stereocenters. The van der Waals surface area contributed by atoms with Gasteiger partial charge >= 0.3 is 0 Å². The lowest BCUT2D eigenvalue weighted by Crippen LogP contribution is -2.32. The van der Waals surface area contributed by atoms with Gasteiger partial charge in [0, 0.05) is 4.88 Å². The molecule has 0 aliphatic carbocycles. The van der Waals surface area contributed by atoms with Crippen molar-refractivity contribution in [3.8, 4) is 0 Å². The number of hydrogen-bond acceptors (Lipinski definition) is 4. The fraction of sp³-hybridized carbons (Fsp3) is 0.417. The van der Waals surface area contributed by atoms with E-state index >= 15 is 0 Å². The zero-order valence-corrected chi connectivity index (χ0v) is 11.4. The van der Waals surface area contributed by atoms with Gasteiger partial charge in [-0.3, -0.25) is 9.89 Å². The highest BCUT2D eigenvalue weighted by atomic mass is 32.1. The zero-order valence-electron chi connectivity index (χ0n) is 10.6. The molecule has 1 atom stereocenters. The monoisotopic (exact) mass is 264 g/mol. The third kappa shape index (κ3) is 2.76. The fourth-order valence-electron chi connectivity index (χ4n) is 1.68. The van der Waals surface area contributed by atoms with E-state index in [9.17, 15) is 4.79 Å². The number of nitrogens with one attached hydrogen (secondary N) is 2. The van der Waals surface area contributed by atoms with E-state index in [-0.39, 0.29) is 17.8 Å². The summed E-state index contributed by atoms with van der Waals surface area (Å²) in [5.41, 5.74) is 0. The average Bonchev–Trinajstić information content (AvgIpc) is 2.95. The standard InChI is InChI=1S/C12H16N4OS/c1-7(2)10(9-5-4-6-18-9)14-12(17)11-13-8(3)15-16-11/h4-7,10H,1-3H3,(H,14,17)(H,13,15,16). The van der Waals surface area contributed by atoms with Crippen molar-refractivity contribution in [3.05, 3.63) is 34.0 Å². The summed E-state index contributed by atoms with van der Waals surface area (Å²) in [4.78, 5) is 17.2. The number of aromatic nitrogens is 3. The third-order valence-electron chi connectivity index (χ3n) is 2.60. The Kier molecular flexibility index (Phi) is 3.76. The van der Waals surface area contributed by atoms with Gasteiger partial charge in [0.2, 0.25) is 5.82 Å². The Morgan fingerprint density at radius 2 is 2.28 bits per heavy atom. The van der Waals surface area contributed by atoms with E-state index in [0.29, 0.717) is 11.7 Å². The lowest BCUT2D eigenvalue weighted by atomic mass is 10.0. The summed E-state index contributed by atoms with van der Waals surface area (Å²) in [6.07, 6.45) is 0. The maximum atomic E-state index is 12.0. The highest BCUT2D eigenvalue weighted by Gasteiger charge is 2.21. The van der Waals surface area contributed by atoms with Crippen molar-refractivity contribution in [1.82, 2.24) is 20.5 Å². The van der Waals surface area contributed by atoms with Gasteiger partial charge in [-0.25, -0.2) is 4.98 Å². The molecule has 0 radical (unpaired) electrons. The Morgan fingerprint density at radius 3 is 2.78 bits per heavy atom. The van der Waals surface area contributed by atoms with E-state index in [2.05, 4.69) is 34.3 Å². The number of H-pyrrole nitrogens is 1. The predicted octanol–water partition coefficient (Wildman–Crippen LogP) is 2.30. The van der Waals surface area contributed by atoms with Gasteiger partial charge in [-0.15, -0.1) is 16.4 Å². The minimum atomic E-state index is -0.244. The first-order valence-corrected chi connectivity index (χ1v) is 6.69. The summed E-state index contributed by atoms with van der Waals surface area (Å²) in [7, 11) is 0. The molecule has 0 fully saturated rings. The average molecular weight is 264 g/mol. The smallest absolute Gasteiger partial charge is 0.291 e. The van der Waals surface area contributed by atoms with Crippen LogP contribution in [0.25, 0.3) is 0 Å². The van der Waals surface area contributed by atoms with E-state index in [1.54, 1.807) is 18.3 Å². The Labute approximate surface area is 110 Å². The van der Waals surface area contributed by atoms with Gasteiger partial charge in [-0.1, -0.05) is 19.9 Å². The van der Waals surface area contributed by atoms with Crippen molar-refractivity contribution in [2.24, 2.45) is 5.92 Å². The second-order valence-electron chi connectivity index (χ2n) is 4.45. The fourth-order valence-corrected chi connectivity index (χ4v) is 2.63. The minimum absolute atomic E-state index is 0.00342. The molecule has 2 aromatic heterocycles. The van der Waals surface area contributed by atoms with Gasteiger partial charge in [0.25, 0.3) is 5.91 Å². The molecule has 5 nitrogen and oxygen atoms in total. The molecule has 2 heterocycles. The van der Waals surface area contributed by atoms with Crippen LogP contribution in [0.4, 0.5) is 0 Å². The van der Waals surface area contributed by atoms with Gasteiger partial charge in [-0.2, -0.15) is 0 Å². The summed E-state index contributed by atoms with van der Waals surface area (Å²) in [6, 6.07) is 4.01. The second kappa shape index (κ2) is 5.30. The number of rotatable bonds is 4. The van der Waals surface area contributed by atoms with Crippen LogP contribution in [0.15, 0.2) is 17.5 Å². The van der Waals surface area contributed by atoms with E-state index < -0.39 is 0 Å². The highest BCUT2D eigenvalue weighted by Crippen LogP contribution is 2.25. The molecule has 0 saturated carbocycles. The van der Waals surface area contributed by atoms with Crippen LogP contribution in [0.3, 0.4) is 0 Å². The molecule has 96 valence electrons. The van der Waals surface area contributed by atoms with Gasteiger partial charge < -0.3 is 5.32 Å². The summed E-state index contributed by atoms with van der Waals surface area (Å²) in [5, 5.41) is 11.5. The SMILES string of the molecule is Cc1nc(C(=O)NC(c2cccs2)C(C)C)n[nH]1. The Morgan fingerprint density at radius 1 is 1.50 bits per heavy atom. The predicted molar refractivity (Wildman–Crippen MR) is 70.5 cm³/mol. The molecule has 2 N–H and O–H groups in total. The van der Waals surface area contributed by atoms with Crippen molar-refractivity contribution in [3.63, 3.8) is 0 Å². The number of thiophene rings is 1. The quantitative estimate of drug-likeness (QED) is 0.890. The summed E-state index contributed by atoms with van der Waals surface area (Å²) < 4.78 is 0. The first kappa shape index (κ1) is 12.8. The molecule has 1 amide bonds. The number of amides is 1. The van der Waals surface area contributed by atoms with Crippen LogP contribution in [0, 0.1) is 12.8 Å². The van der Waals surface area contributed by atoms with Crippen LogP contribution in [-0.4, -0.2) is 21.1 Å². The number of hydrogen-bond donors (Lipinski definition) is 2. The Balaban J connectivity index is 2.13. The summed E-state index contributed by atoms with van der Waals surface area (Å²) in [6.45, 7) is 5.92. The molecule has 0 spiro atoms. The first-order valence-electron chi connectivity index (χ1n) is 5.81. The van der Waals surface area contributed by atoms with Gasteiger partial charge in [0.05, 0.1) is 6.04 Å². The van der Waals surface area contributed by atoms with Crippen molar-refractivity contribution in [2.75, 3.05) is 0 Å². The van der Waals surface area contributed by atoms with Crippen molar-refractivity contribution < 1.29 is 4.79 Å². The van der Waals surface area contributed by atoms with Crippen LogP contribution in [0.2, 0.25) is 0 Å². The molecule has 0 aliphatic heterocycles. The summed E-state index contributed by atoms with van der Waals surface area (Å²) in [5.74, 6) is 0.895.